The Labute approximate surface area is 193 Å². The lowest BCUT2D eigenvalue weighted by molar-refractivity contribution is -0.0493. The summed E-state index contributed by atoms with van der Waals surface area (Å²) in [6.45, 7) is 9.42. The van der Waals surface area contributed by atoms with Crippen LogP contribution >= 0.6 is 0 Å². The predicted molar refractivity (Wildman–Crippen MR) is 127 cm³/mol. The molecule has 0 heterocycles. The quantitative estimate of drug-likeness (QED) is 0.339. The number of hydrogen-bond donors (Lipinski definition) is 3. The zero-order chi connectivity index (χ0) is 23.1. The number of allylic oxidation sites excluding steroid dienone is 4. The fraction of sp³-hybridized carbons (Fsp3) is 0.714. The Balaban J connectivity index is 1.45. The van der Waals surface area contributed by atoms with Crippen molar-refractivity contribution in [1.29, 1.82) is 0 Å². The highest BCUT2D eigenvalue weighted by atomic mass is 16.5. The smallest absolute Gasteiger partial charge is 0.125 e. The average Bonchev–Trinajstić information content (AvgIpc) is 3.11. The van der Waals surface area contributed by atoms with Crippen LogP contribution in [0.1, 0.15) is 72.6 Å². The van der Waals surface area contributed by atoms with Crippen LogP contribution in [0.3, 0.4) is 0 Å². The van der Waals surface area contributed by atoms with Crippen molar-refractivity contribution < 1.29 is 20.1 Å². The molecule has 0 aromatic rings. The van der Waals surface area contributed by atoms with E-state index in [0.29, 0.717) is 50.7 Å². The predicted octanol–water partition coefficient (Wildman–Crippen LogP) is 4.31. The molecule has 0 aromatic heterocycles. The van der Waals surface area contributed by atoms with Gasteiger partial charge in [0.2, 0.25) is 0 Å². The summed E-state index contributed by atoms with van der Waals surface area (Å²) in [5, 5.41) is 31.5. The van der Waals surface area contributed by atoms with Crippen molar-refractivity contribution in [3.8, 4) is 11.8 Å². The zero-order valence-electron chi connectivity index (χ0n) is 20.2. The molecule has 0 saturated heterocycles. The third-order valence-corrected chi connectivity index (χ3v) is 9.32. The van der Waals surface area contributed by atoms with Gasteiger partial charge in [-0.15, -0.1) is 0 Å². The third-order valence-electron chi connectivity index (χ3n) is 9.32. The standard InChI is InChI=1S/C28H40O4/c1-5-28(31,6-2)13-7-15-32-18-20-9-11-23-22-10-8-19-16-21(29)17-25(30)27(19,4)24(22)12-14-26(20,23)3/h8-10,21,23-25,29-31H,5-6,11-12,14-18H2,1-4H3/t21-,23+,24+,25+,26-,27+/m1/s1. The lowest BCUT2D eigenvalue weighted by Gasteiger charge is -2.56. The molecule has 4 nitrogen and oxygen atoms in total. The third kappa shape index (κ3) is 3.82. The molecule has 32 heavy (non-hydrogen) atoms. The van der Waals surface area contributed by atoms with E-state index in [4.69, 9.17) is 4.74 Å². The van der Waals surface area contributed by atoms with Gasteiger partial charge >= 0.3 is 0 Å². The maximum Gasteiger partial charge on any atom is 0.125 e. The van der Waals surface area contributed by atoms with Gasteiger partial charge in [-0.25, -0.2) is 0 Å². The van der Waals surface area contributed by atoms with Crippen LogP contribution in [0.25, 0.3) is 0 Å². The second kappa shape index (κ2) is 8.76. The number of hydrogen-bond acceptors (Lipinski definition) is 4. The number of aliphatic hydroxyl groups is 3. The van der Waals surface area contributed by atoms with Crippen molar-refractivity contribution in [2.24, 2.45) is 22.7 Å². The molecular formula is C28H40O4. The molecule has 0 radical (unpaired) electrons. The first-order valence-corrected chi connectivity index (χ1v) is 12.4. The summed E-state index contributed by atoms with van der Waals surface area (Å²) < 4.78 is 5.93. The molecular weight excluding hydrogens is 400 g/mol. The van der Waals surface area contributed by atoms with Crippen molar-refractivity contribution in [2.45, 2.75) is 90.4 Å². The van der Waals surface area contributed by atoms with Gasteiger partial charge in [-0.2, -0.15) is 0 Å². The summed E-state index contributed by atoms with van der Waals surface area (Å²) in [5.41, 5.74) is 2.99. The average molecular weight is 441 g/mol. The highest BCUT2D eigenvalue weighted by Gasteiger charge is 2.56. The summed E-state index contributed by atoms with van der Waals surface area (Å²) in [4.78, 5) is 0. The van der Waals surface area contributed by atoms with E-state index in [-0.39, 0.29) is 10.8 Å². The van der Waals surface area contributed by atoms with Crippen molar-refractivity contribution >= 4 is 0 Å². The zero-order valence-corrected chi connectivity index (χ0v) is 20.2. The number of ether oxygens (including phenoxy) is 1. The molecule has 0 spiro atoms. The molecule has 0 amide bonds. The lowest BCUT2D eigenvalue weighted by atomic mass is 9.50. The Morgan fingerprint density at radius 3 is 2.62 bits per heavy atom. The van der Waals surface area contributed by atoms with E-state index in [1.165, 1.54) is 16.7 Å². The minimum absolute atomic E-state index is 0.0875. The van der Waals surface area contributed by atoms with Gasteiger partial charge in [0.1, 0.15) is 12.2 Å². The Hall–Kier alpha value is -1.38. The maximum atomic E-state index is 11.0. The SMILES string of the molecule is CCC(O)(C#CCOCC1=CC[C@H]2C3=CC=C4C[C@@H](O)C[C@H](O)[C@]4(C)[C@H]3CC[C@]12C)CC. The van der Waals surface area contributed by atoms with Crippen molar-refractivity contribution in [2.75, 3.05) is 13.2 Å². The van der Waals surface area contributed by atoms with E-state index in [0.717, 1.165) is 19.3 Å². The Kier molecular flexibility index (Phi) is 6.51. The second-order valence-electron chi connectivity index (χ2n) is 10.8. The van der Waals surface area contributed by atoms with Crippen molar-refractivity contribution in [3.63, 3.8) is 0 Å². The molecule has 6 atom stereocenters. The van der Waals surface area contributed by atoms with E-state index in [1.807, 2.05) is 13.8 Å². The molecule has 3 N–H and O–H groups in total. The van der Waals surface area contributed by atoms with Crippen molar-refractivity contribution in [3.05, 3.63) is 34.9 Å². The van der Waals surface area contributed by atoms with Gasteiger partial charge in [-0.1, -0.05) is 68.9 Å². The fourth-order valence-electron chi connectivity index (χ4n) is 6.79. The molecule has 0 aliphatic heterocycles. The molecule has 0 aromatic carbocycles. The highest BCUT2D eigenvalue weighted by Crippen LogP contribution is 2.63. The second-order valence-corrected chi connectivity index (χ2v) is 10.8. The van der Waals surface area contributed by atoms with Gasteiger partial charge < -0.3 is 20.1 Å². The van der Waals surface area contributed by atoms with E-state index >= 15 is 0 Å². The van der Waals surface area contributed by atoms with Crippen LogP contribution in [-0.2, 0) is 4.74 Å². The van der Waals surface area contributed by atoms with Gasteiger partial charge in [-0.05, 0) is 61.3 Å². The number of rotatable bonds is 5. The topological polar surface area (TPSA) is 69.9 Å². The molecule has 2 fully saturated rings. The Bertz CT molecular complexity index is 883. The largest absolute Gasteiger partial charge is 0.393 e. The summed E-state index contributed by atoms with van der Waals surface area (Å²) in [6.07, 6.45) is 11.5. The van der Waals surface area contributed by atoms with Crippen LogP contribution < -0.4 is 0 Å². The number of aliphatic hydroxyl groups excluding tert-OH is 2. The van der Waals surface area contributed by atoms with Crippen LogP contribution in [0.5, 0.6) is 0 Å². The van der Waals surface area contributed by atoms with Crippen LogP contribution in [0.15, 0.2) is 34.9 Å². The summed E-state index contributed by atoms with van der Waals surface area (Å²) in [7, 11) is 0. The normalized spacial score (nSPS) is 38.4. The van der Waals surface area contributed by atoms with E-state index in [9.17, 15) is 15.3 Å². The molecule has 4 aliphatic rings. The van der Waals surface area contributed by atoms with Gasteiger partial charge in [-0.3, -0.25) is 0 Å². The Morgan fingerprint density at radius 1 is 1.16 bits per heavy atom. The minimum atomic E-state index is -0.902. The van der Waals surface area contributed by atoms with E-state index < -0.39 is 17.8 Å². The number of fused-ring (bicyclic) bond motifs is 5. The van der Waals surface area contributed by atoms with Gasteiger partial charge in [0.15, 0.2) is 0 Å². The molecule has 4 heteroatoms. The van der Waals surface area contributed by atoms with E-state index in [2.05, 4.69) is 43.9 Å². The highest BCUT2D eigenvalue weighted by molar-refractivity contribution is 5.43. The first kappa shape index (κ1) is 23.8. The summed E-state index contributed by atoms with van der Waals surface area (Å²) in [5.74, 6) is 6.77. The van der Waals surface area contributed by atoms with Crippen molar-refractivity contribution in [1.82, 2.24) is 0 Å². The Morgan fingerprint density at radius 2 is 1.91 bits per heavy atom. The fourth-order valence-corrected chi connectivity index (χ4v) is 6.79. The molecule has 0 bridgehead atoms. The van der Waals surface area contributed by atoms with Crippen LogP contribution in [-0.4, -0.2) is 46.3 Å². The monoisotopic (exact) mass is 440 g/mol. The van der Waals surface area contributed by atoms with Crippen LogP contribution in [0.4, 0.5) is 0 Å². The molecule has 176 valence electrons. The van der Waals surface area contributed by atoms with Gasteiger partial charge in [0.25, 0.3) is 0 Å². The lowest BCUT2D eigenvalue weighted by Crippen LogP contribution is -2.52. The molecule has 0 unspecified atom stereocenters. The minimum Gasteiger partial charge on any atom is -0.393 e. The molecule has 2 saturated carbocycles. The van der Waals surface area contributed by atoms with Gasteiger partial charge in [0, 0.05) is 11.8 Å². The molecule has 4 rings (SSSR count). The molecule has 4 aliphatic carbocycles. The first-order valence-electron chi connectivity index (χ1n) is 12.4. The van der Waals surface area contributed by atoms with E-state index in [1.54, 1.807) is 0 Å². The van der Waals surface area contributed by atoms with Crippen LogP contribution in [0.2, 0.25) is 0 Å². The summed E-state index contributed by atoms with van der Waals surface area (Å²) in [6, 6.07) is 0. The van der Waals surface area contributed by atoms with Crippen LogP contribution in [0, 0.1) is 34.5 Å². The maximum absolute atomic E-state index is 11.0. The first-order chi connectivity index (χ1) is 15.2. The van der Waals surface area contributed by atoms with Gasteiger partial charge in [0.05, 0.1) is 18.8 Å². The summed E-state index contributed by atoms with van der Waals surface area (Å²) >= 11 is 0.